The fraction of sp³-hybridized carbons (Fsp3) is 0.400. The zero-order chi connectivity index (χ0) is 15.5. The Kier molecular flexibility index (Phi) is 5.00. The Morgan fingerprint density at radius 1 is 1.33 bits per heavy atom. The Hall–Kier alpha value is -1.40. The van der Waals surface area contributed by atoms with Gasteiger partial charge in [0.2, 0.25) is 0 Å². The first-order chi connectivity index (χ1) is 9.83. The number of rotatable bonds is 5. The molecule has 1 N–H and O–H groups in total. The summed E-state index contributed by atoms with van der Waals surface area (Å²) in [4.78, 5) is 0. The molecule has 0 amide bonds. The molecular formula is C15H18BrFN2O2. The van der Waals surface area contributed by atoms with Crippen molar-refractivity contribution in [1.29, 1.82) is 0 Å². The molecule has 0 fully saturated rings. The van der Waals surface area contributed by atoms with Crippen LogP contribution >= 0.6 is 15.9 Å². The third kappa shape index (κ3) is 5.13. The molecule has 114 valence electrons. The molecule has 1 aromatic carbocycles. The Morgan fingerprint density at radius 2 is 2.10 bits per heavy atom. The van der Waals surface area contributed by atoms with E-state index in [1.165, 1.54) is 6.07 Å². The lowest BCUT2D eigenvalue weighted by molar-refractivity contribution is 0.239. The molecule has 1 heterocycles. The number of ether oxygens (including phenoxy) is 1. The molecule has 0 unspecified atom stereocenters. The molecule has 0 saturated heterocycles. The summed E-state index contributed by atoms with van der Waals surface area (Å²) in [6.07, 6.45) is 0. The molecule has 0 aliphatic carbocycles. The van der Waals surface area contributed by atoms with Crippen LogP contribution in [0, 0.1) is 5.82 Å². The van der Waals surface area contributed by atoms with E-state index in [9.17, 15) is 4.39 Å². The van der Waals surface area contributed by atoms with Crippen LogP contribution in [0.1, 0.15) is 32.2 Å². The van der Waals surface area contributed by atoms with Crippen molar-refractivity contribution in [3.63, 3.8) is 0 Å². The highest BCUT2D eigenvalue weighted by atomic mass is 79.9. The number of halogens is 2. The van der Waals surface area contributed by atoms with E-state index >= 15 is 0 Å². The number of aromatic nitrogens is 1. The third-order valence-corrected chi connectivity index (χ3v) is 3.16. The second-order valence-electron chi connectivity index (χ2n) is 5.75. The molecule has 0 aliphatic rings. The number of hydrogen-bond donors (Lipinski definition) is 1. The van der Waals surface area contributed by atoms with Crippen LogP contribution in [0.2, 0.25) is 0 Å². The van der Waals surface area contributed by atoms with Crippen LogP contribution in [0.25, 0.3) is 0 Å². The van der Waals surface area contributed by atoms with E-state index < -0.39 is 5.82 Å². The molecule has 0 saturated carbocycles. The molecule has 0 atom stereocenters. The van der Waals surface area contributed by atoms with Gasteiger partial charge in [0.25, 0.3) is 0 Å². The maximum Gasteiger partial charge on any atom is 0.174 e. The minimum atomic E-state index is -0.410. The molecule has 1 aromatic heterocycles. The lowest BCUT2D eigenvalue weighted by Gasteiger charge is -2.19. The predicted octanol–water partition coefficient (Wildman–Crippen LogP) is 4.04. The van der Waals surface area contributed by atoms with Crippen molar-refractivity contribution in [2.24, 2.45) is 0 Å². The molecular weight excluding hydrogens is 339 g/mol. The highest BCUT2D eigenvalue weighted by Gasteiger charge is 2.12. The van der Waals surface area contributed by atoms with Gasteiger partial charge < -0.3 is 14.6 Å². The molecule has 2 rings (SSSR count). The molecule has 2 aromatic rings. The van der Waals surface area contributed by atoms with Crippen LogP contribution in [0.15, 0.2) is 33.3 Å². The highest BCUT2D eigenvalue weighted by Crippen LogP contribution is 2.23. The summed E-state index contributed by atoms with van der Waals surface area (Å²) < 4.78 is 24.9. The molecule has 4 nitrogen and oxygen atoms in total. The number of benzene rings is 1. The molecule has 0 bridgehead atoms. The van der Waals surface area contributed by atoms with Crippen LogP contribution in [0.3, 0.4) is 0 Å². The lowest BCUT2D eigenvalue weighted by atomic mass is 10.1. The summed E-state index contributed by atoms with van der Waals surface area (Å²) >= 11 is 3.27. The van der Waals surface area contributed by atoms with E-state index in [1.807, 2.05) is 0 Å². The summed E-state index contributed by atoms with van der Waals surface area (Å²) in [7, 11) is 0. The molecule has 6 heteroatoms. The van der Waals surface area contributed by atoms with Gasteiger partial charge in [-0.05, 0) is 39.0 Å². The Morgan fingerprint density at radius 3 is 2.81 bits per heavy atom. The first-order valence-electron chi connectivity index (χ1n) is 6.61. The van der Waals surface area contributed by atoms with Gasteiger partial charge in [-0.3, -0.25) is 0 Å². The number of nitrogens with one attached hydrogen (secondary N) is 1. The maximum atomic E-state index is 13.5. The van der Waals surface area contributed by atoms with Crippen molar-refractivity contribution in [3.05, 3.63) is 46.0 Å². The van der Waals surface area contributed by atoms with Gasteiger partial charge in [0.05, 0.1) is 5.69 Å². The van der Waals surface area contributed by atoms with Crippen molar-refractivity contribution < 1.29 is 13.7 Å². The summed E-state index contributed by atoms with van der Waals surface area (Å²) in [6.45, 7) is 6.97. The van der Waals surface area contributed by atoms with Crippen molar-refractivity contribution in [3.8, 4) is 5.75 Å². The van der Waals surface area contributed by atoms with E-state index in [1.54, 1.807) is 18.2 Å². The fourth-order valence-corrected chi connectivity index (χ4v) is 1.94. The smallest absolute Gasteiger partial charge is 0.174 e. The van der Waals surface area contributed by atoms with Gasteiger partial charge in [-0.25, -0.2) is 4.39 Å². The lowest BCUT2D eigenvalue weighted by Crippen LogP contribution is -2.35. The summed E-state index contributed by atoms with van der Waals surface area (Å²) in [5, 5.41) is 7.26. The average molecular weight is 357 g/mol. The topological polar surface area (TPSA) is 47.3 Å². The largest absolute Gasteiger partial charge is 0.482 e. The molecule has 0 spiro atoms. The Bertz CT molecular complexity index is 608. The first-order valence-corrected chi connectivity index (χ1v) is 7.40. The number of nitrogens with zero attached hydrogens (tertiary/aromatic N) is 1. The van der Waals surface area contributed by atoms with Crippen LogP contribution in [0.5, 0.6) is 5.75 Å². The van der Waals surface area contributed by atoms with Crippen LogP contribution in [-0.2, 0) is 13.2 Å². The monoisotopic (exact) mass is 356 g/mol. The quantitative estimate of drug-likeness (QED) is 0.877. The standard InChI is InChI=1S/C15H18BrFN2O2/c1-15(2,3)18-8-11-7-12(21-19-11)9-20-14-6-10(16)4-5-13(14)17/h4-7,18H,8-9H2,1-3H3. The summed E-state index contributed by atoms with van der Waals surface area (Å²) in [5.41, 5.74) is 0.799. The normalized spacial score (nSPS) is 11.7. The van der Waals surface area contributed by atoms with Crippen LogP contribution < -0.4 is 10.1 Å². The van der Waals surface area contributed by atoms with E-state index in [4.69, 9.17) is 9.26 Å². The van der Waals surface area contributed by atoms with E-state index in [-0.39, 0.29) is 17.9 Å². The van der Waals surface area contributed by atoms with Gasteiger partial charge in [0.15, 0.2) is 17.3 Å². The van der Waals surface area contributed by atoms with E-state index in [2.05, 4.69) is 47.2 Å². The van der Waals surface area contributed by atoms with Crippen molar-refractivity contribution in [2.45, 2.75) is 39.5 Å². The van der Waals surface area contributed by atoms with Gasteiger partial charge in [-0.15, -0.1) is 0 Å². The SMILES string of the molecule is CC(C)(C)NCc1cc(COc2cc(Br)ccc2F)on1. The molecule has 0 aliphatic heterocycles. The summed E-state index contributed by atoms with van der Waals surface area (Å²) in [6, 6.07) is 6.34. The molecule has 21 heavy (non-hydrogen) atoms. The van der Waals surface area contributed by atoms with Gasteiger partial charge in [0.1, 0.15) is 6.61 Å². The second-order valence-corrected chi connectivity index (χ2v) is 6.67. The van der Waals surface area contributed by atoms with Gasteiger partial charge in [-0.2, -0.15) is 0 Å². The van der Waals surface area contributed by atoms with Crippen molar-refractivity contribution in [2.75, 3.05) is 0 Å². The first kappa shape index (κ1) is 16.0. The summed E-state index contributed by atoms with van der Waals surface area (Å²) in [5.74, 6) is 0.322. The maximum absolute atomic E-state index is 13.5. The number of hydrogen-bond acceptors (Lipinski definition) is 4. The second kappa shape index (κ2) is 6.58. The predicted molar refractivity (Wildman–Crippen MR) is 81.5 cm³/mol. The molecule has 0 radical (unpaired) electrons. The Balaban J connectivity index is 1.92. The van der Waals surface area contributed by atoms with Crippen molar-refractivity contribution in [1.82, 2.24) is 10.5 Å². The minimum absolute atomic E-state index is 0.00899. The van der Waals surface area contributed by atoms with Crippen LogP contribution in [0.4, 0.5) is 4.39 Å². The Labute approximate surface area is 131 Å². The van der Waals surface area contributed by atoms with E-state index in [0.717, 1.165) is 10.2 Å². The van der Waals surface area contributed by atoms with Crippen molar-refractivity contribution >= 4 is 15.9 Å². The third-order valence-electron chi connectivity index (χ3n) is 2.67. The minimum Gasteiger partial charge on any atom is -0.482 e. The van der Waals surface area contributed by atoms with Gasteiger partial charge >= 0.3 is 0 Å². The van der Waals surface area contributed by atoms with Gasteiger partial charge in [0, 0.05) is 22.6 Å². The zero-order valence-electron chi connectivity index (χ0n) is 12.2. The fourth-order valence-electron chi connectivity index (χ4n) is 1.60. The highest BCUT2D eigenvalue weighted by molar-refractivity contribution is 9.10. The van der Waals surface area contributed by atoms with Crippen LogP contribution in [-0.4, -0.2) is 10.7 Å². The van der Waals surface area contributed by atoms with Gasteiger partial charge in [-0.1, -0.05) is 21.1 Å². The average Bonchev–Trinajstić information content (AvgIpc) is 2.85. The zero-order valence-corrected chi connectivity index (χ0v) is 13.8. The van der Waals surface area contributed by atoms with E-state index in [0.29, 0.717) is 12.3 Å².